The molecule has 40 heavy (non-hydrogen) atoms. The summed E-state index contributed by atoms with van der Waals surface area (Å²) in [5.74, 6) is 1.62. The zero-order valence-electron chi connectivity index (χ0n) is 26.0. The molecule has 208 valence electrons. The molecule has 2 aliphatic carbocycles. The van der Waals surface area contributed by atoms with E-state index in [2.05, 4.69) is 116 Å². The van der Waals surface area contributed by atoms with E-state index in [1.807, 2.05) is 6.07 Å². The molecule has 3 aromatic carbocycles. The Morgan fingerprint density at radius 3 is 1.80 bits per heavy atom. The quantitative estimate of drug-likeness (QED) is 0.247. The Morgan fingerprint density at radius 1 is 0.750 bits per heavy atom. The van der Waals surface area contributed by atoms with E-state index in [1.165, 1.54) is 27.8 Å². The van der Waals surface area contributed by atoms with Gasteiger partial charge >= 0.3 is 250 Å². The van der Waals surface area contributed by atoms with Crippen LogP contribution in [0.5, 0.6) is 11.5 Å². The van der Waals surface area contributed by atoms with E-state index in [1.54, 1.807) is 31.9 Å². The first-order valence-electron chi connectivity index (χ1n) is 14.4. The molecule has 3 aromatic rings. The second kappa shape index (κ2) is 10.7. The predicted octanol–water partition coefficient (Wildman–Crippen LogP) is 9.57. The van der Waals surface area contributed by atoms with E-state index in [-0.39, 0.29) is 10.8 Å². The van der Waals surface area contributed by atoms with Crippen molar-refractivity contribution in [2.45, 2.75) is 76.3 Å². The van der Waals surface area contributed by atoms with Crippen LogP contribution in [0.25, 0.3) is 16.7 Å². The van der Waals surface area contributed by atoms with E-state index >= 15 is 0 Å². The summed E-state index contributed by atoms with van der Waals surface area (Å²) in [6.07, 6.45) is 5.74. The maximum atomic E-state index is 5.94. The number of allylic oxidation sites excluding steroid dienone is 4. The molecule has 0 atom stereocenters. The molecule has 0 unspecified atom stereocenters. The molecule has 0 aliphatic heterocycles. The molecule has 0 radical (unpaired) electrons. The van der Waals surface area contributed by atoms with Crippen LogP contribution in [0.3, 0.4) is 0 Å². The summed E-state index contributed by atoms with van der Waals surface area (Å²) in [5, 5.41) is 0. The van der Waals surface area contributed by atoms with Crippen LogP contribution in [-0.2, 0) is 31.8 Å². The van der Waals surface area contributed by atoms with Gasteiger partial charge in [-0.15, -0.1) is 0 Å². The first-order valence-corrected chi connectivity index (χ1v) is 20.1. The third-order valence-electron chi connectivity index (χ3n) is 8.52. The SMILES string of the molecule is COc1cccc(C2=[C]([Hf](=[C](C)C)[CH]3c4cc(C(C)(C)C)ccc4-c4ccc(C(C)(C)C)cc43)CC=C2)c1OC. The van der Waals surface area contributed by atoms with Crippen molar-refractivity contribution < 1.29 is 30.4 Å². The van der Waals surface area contributed by atoms with Crippen LogP contribution in [0.1, 0.15) is 93.3 Å². The summed E-state index contributed by atoms with van der Waals surface area (Å²) in [5.41, 5.74) is 11.5. The summed E-state index contributed by atoms with van der Waals surface area (Å²) in [6.45, 7) is 18.8. The minimum atomic E-state index is -2.72. The standard InChI is InChI=1S/C21H25.C13H13O2.C3H6.Hf/c1-20(2,3)16-7-9-18-14(12-16)11-15-13-17(21(4,5)6)8-10-19(15)18;1-14-12-9-5-8-11(13(12)15-2)10-6-3-4-7-10;1-3-2;/h7-13H,1-6H3;3,5-6,8-9H,4H2,1-2H3;1-2H3;. The molecule has 0 saturated heterocycles. The number of hydrogen-bond donors (Lipinski definition) is 0. The van der Waals surface area contributed by atoms with E-state index in [4.69, 9.17) is 9.47 Å². The van der Waals surface area contributed by atoms with Gasteiger partial charge in [0.1, 0.15) is 0 Å². The maximum absolute atomic E-state index is 5.94. The summed E-state index contributed by atoms with van der Waals surface area (Å²) in [6, 6.07) is 20.9. The molecular formula is C37H44HfO2. The van der Waals surface area contributed by atoms with Crippen molar-refractivity contribution in [2.24, 2.45) is 0 Å². The van der Waals surface area contributed by atoms with Crippen molar-refractivity contribution >= 4 is 8.83 Å². The van der Waals surface area contributed by atoms with Crippen molar-refractivity contribution in [1.82, 2.24) is 0 Å². The Balaban J connectivity index is 1.80. The third-order valence-corrected chi connectivity index (χ3v) is 20.7. The number of ether oxygens (including phenoxy) is 2. The van der Waals surface area contributed by atoms with Crippen molar-refractivity contribution in [2.75, 3.05) is 14.2 Å². The molecule has 2 aliphatic rings. The van der Waals surface area contributed by atoms with Crippen LogP contribution < -0.4 is 9.47 Å². The van der Waals surface area contributed by atoms with Crippen LogP contribution in [0.4, 0.5) is 0 Å². The fraction of sp³-hybridized carbons (Fsp3) is 0.378. The van der Waals surface area contributed by atoms with Crippen LogP contribution in [0, 0.1) is 0 Å². The Labute approximate surface area is 249 Å². The van der Waals surface area contributed by atoms with Crippen LogP contribution in [-0.4, -0.2) is 17.5 Å². The number of para-hydroxylation sites is 1. The summed E-state index contributed by atoms with van der Waals surface area (Å²) < 4.78 is 15.4. The molecule has 0 spiro atoms. The zero-order valence-corrected chi connectivity index (χ0v) is 29.5. The summed E-state index contributed by atoms with van der Waals surface area (Å²) in [7, 11) is 3.48. The molecular weight excluding hydrogens is 655 g/mol. The van der Waals surface area contributed by atoms with E-state index in [0.717, 1.165) is 23.5 Å². The second-order valence-electron chi connectivity index (χ2n) is 13.5. The zero-order chi connectivity index (χ0) is 29.0. The Morgan fingerprint density at radius 2 is 1.32 bits per heavy atom. The van der Waals surface area contributed by atoms with Crippen molar-refractivity contribution in [3.05, 3.63) is 97.9 Å². The van der Waals surface area contributed by atoms with Crippen molar-refractivity contribution in [3.8, 4) is 22.6 Å². The van der Waals surface area contributed by atoms with E-state index in [9.17, 15) is 0 Å². The monoisotopic (exact) mass is 700 g/mol. The van der Waals surface area contributed by atoms with Gasteiger partial charge in [0.25, 0.3) is 0 Å². The molecule has 5 rings (SSSR count). The molecule has 0 bridgehead atoms. The van der Waals surface area contributed by atoms with Gasteiger partial charge in [-0.3, -0.25) is 0 Å². The first-order chi connectivity index (χ1) is 18.9. The van der Waals surface area contributed by atoms with Gasteiger partial charge in [-0.25, -0.2) is 0 Å². The van der Waals surface area contributed by atoms with Gasteiger partial charge in [-0.05, 0) is 0 Å². The second-order valence-corrected chi connectivity index (χ2v) is 24.3. The fourth-order valence-electron chi connectivity index (χ4n) is 6.38. The average molecular weight is 699 g/mol. The third kappa shape index (κ3) is 5.04. The molecule has 0 amide bonds. The summed E-state index contributed by atoms with van der Waals surface area (Å²) >= 11 is -2.72. The Hall–Kier alpha value is -2.52. The van der Waals surface area contributed by atoms with Gasteiger partial charge in [0, 0.05) is 0 Å². The molecule has 0 N–H and O–H groups in total. The molecule has 0 saturated carbocycles. The van der Waals surface area contributed by atoms with Gasteiger partial charge in [0.05, 0.1) is 0 Å². The van der Waals surface area contributed by atoms with Crippen molar-refractivity contribution in [3.63, 3.8) is 0 Å². The number of benzene rings is 3. The molecule has 3 heteroatoms. The van der Waals surface area contributed by atoms with Gasteiger partial charge in [0.2, 0.25) is 0 Å². The number of fused-ring (bicyclic) bond motifs is 3. The van der Waals surface area contributed by atoms with Crippen LogP contribution in [0.15, 0.2) is 70.1 Å². The predicted molar refractivity (Wildman–Crippen MR) is 168 cm³/mol. The number of methoxy groups -OCH3 is 2. The minimum absolute atomic E-state index is 0.106. The normalized spacial score (nSPS) is 14.8. The Kier molecular flexibility index (Phi) is 7.76. The van der Waals surface area contributed by atoms with Gasteiger partial charge in [0.15, 0.2) is 0 Å². The molecule has 2 nitrogen and oxygen atoms in total. The van der Waals surface area contributed by atoms with Gasteiger partial charge in [-0.1, -0.05) is 0 Å². The van der Waals surface area contributed by atoms with Crippen LogP contribution in [0.2, 0.25) is 0 Å². The number of hydrogen-bond acceptors (Lipinski definition) is 2. The van der Waals surface area contributed by atoms with E-state index < -0.39 is 21.0 Å². The average Bonchev–Trinajstić information content (AvgIpc) is 3.50. The van der Waals surface area contributed by atoms with Crippen LogP contribution >= 0.6 is 0 Å². The topological polar surface area (TPSA) is 18.5 Å². The van der Waals surface area contributed by atoms with E-state index in [0.29, 0.717) is 3.67 Å². The van der Waals surface area contributed by atoms with Gasteiger partial charge in [-0.2, -0.15) is 0 Å². The molecule has 0 heterocycles. The van der Waals surface area contributed by atoms with Crippen molar-refractivity contribution in [1.29, 1.82) is 0 Å². The molecule has 0 fully saturated rings. The Bertz CT molecular complexity index is 1500. The summed E-state index contributed by atoms with van der Waals surface area (Å²) in [4.78, 5) is 0. The van der Waals surface area contributed by atoms with Gasteiger partial charge < -0.3 is 0 Å². The molecule has 0 aromatic heterocycles. The first kappa shape index (κ1) is 29.0. The fourth-order valence-corrected chi connectivity index (χ4v) is 18.9. The number of rotatable bonds is 5.